The molecule has 0 aliphatic carbocycles. The van der Waals surface area contributed by atoms with Crippen LogP contribution in [0.1, 0.15) is 19.5 Å². The van der Waals surface area contributed by atoms with Crippen LogP contribution in [-0.2, 0) is 0 Å². The van der Waals surface area contributed by atoms with Gasteiger partial charge in [0.05, 0.1) is 11.9 Å². The van der Waals surface area contributed by atoms with Gasteiger partial charge in [0.1, 0.15) is 0 Å². The van der Waals surface area contributed by atoms with Gasteiger partial charge in [-0.3, -0.25) is 0 Å². The van der Waals surface area contributed by atoms with Crippen molar-refractivity contribution in [3.05, 3.63) is 11.9 Å². The van der Waals surface area contributed by atoms with Crippen molar-refractivity contribution in [3.63, 3.8) is 0 Å². The molecule has 0 aliphatic heterocycles. The SMILES string of the molecule is CC.CSc1nn2c(C)cnc2s1. The number of hydrogen-bond acceptors (Lipinski definition) is 4. The van der Waals surface area contributed by atoms with Crippen LogP contribution in [0.2, 0.25) is 0 Å². The second kappa shape index (κ2) is 4.62. The van der Waals surface area contributed by atoms with E-state index in [9.17, 15) is 0 Å². The van der Waals surface area contributed by atoms with Gasteiger partial charge in [-0.25, -0.2) is 9.50 Å². The Morgan fingerprint density at radius 2 is 2.15 bits per heavy atom. The van der Waals surface area contributed by atoms with Crippen molar-refractivity contribution in [1.29, 1.82) is 0 Å². The summed E-state index contributed by atoms with van der Waals surface area (Å²) in [5.74, 6) is 0. The molecule has 0 bridgehead atoms. The zero-order valence-electron chi connectivity index (χ0n) is 8.24. The predicted octanol–water partition coefficient (Wildman–Crippen LogP) is 2.85. The molecular weight excluding hydrogens is 202 g/mol. The molecule has 0 spiro atoms. The van der Waals surface area contributed by atoms with Crippen molar-refractivity contribution >= 4 is 28.1 Å². The van der Waals surface area contributed by atoms with Crippen molar-refractivity contribution in [1.82, 2.24) is 14.6 Å². The molecule has 0 fully saturated rings. The number of hydrogen-bond donors (Lipinski definition) is 0. The van der Waals surface area contributed by atoms with Crippen LogP contribution < -0.4 is 0 Å². The van der Waals surface area contributed by atoms with Gasteiger partial charge in [-0.1, -0.05) is 36.9 Å². The summed E-state index contributed by atoms with van der Waals surface area (Å²) in [5.41, 5.74) is 1.09. The minimum atomic E-state index is 0.979. The molecule has 13 heavy (non-hydrogen) atoms. The highest BCUT2D eigenvalue weighted by Gasteiger charge is 2.04. The quantitative estimate of drug-likeness (QED) is 0.685. The summed E-state index contributed by atoms with van der Waals surface area (Å²) in [4.78, 5) is 5.17. The van der Waals surface area contributed by atoms with Gasteiger partial charge in [-0.15, -0.1) is 5.10 Å². The first-order valence-electron chi connectivity index (χ1n) is 4.16. The number of nitrogens with zero attached hydrogens (tertiary/aromatic N) is 3. The third kappa shape index (κ3) is 2.03. The van der Waals surface area contributed by atoms with Gasteiger partial charge in [0.15, 0.2) is 4.34 Å². The fraction of sp³-hybridized carbons (Fsp3) is 0.500. The minimum absolute atomic E-state index is 0.979. The number of fused-ring (bicyclic) bond motifs is 1. The van der Waals surface area contributed by atoms with Gasteiger partial charge in [0.25, 0.3) is 0 Å². The standard InChI is InChI=1S/C6H7N3S2.C2H6/c1-4-3-7-5-9(4)8-6(10-2)11-5;1-2/h3H,1-2H3;1-2H3. The third-order valence-electron chi connectivity index (χ3n) is 1.41. The Kier molecular flexibility index (Phi) is 3.74. The Bertz CT molecular complexity index is 378. The first-order valence-corrected chi connectivity index (χ1v) is 6.20. The molecule has 0 aromatic carbocycles. The summed E-state index contributed by atoms with van der Waals surface area (Å²) in [6.07, 6.45) is 3.86. The van der Waals surface area contributed by atoms with Crippen molar-refractivity contribution in [3.8, 4) is 0 Å². The van der Waals surface area contributed by atoms with E-state index in [-0.39, 0.29) is 0 Å². The van der Waals surface area contributed by atoms with E-state index in [1.807, 2.05) is 37.7 Å². The van der Waals surface area contributed by atoms with Gasteiger partial charge >= 0.3 is 0 Å². The number of thioether (sulfide) groups is 1. The van der Waals surface area contributed by atoms with Crippen molar-refractivity contribution in [2.75, 3.05) is 6.26 Å². The highest BCUT2D eigenvalue weighted by molar-refractivity contribution is 8.00. The molecule has 2 aromatic rings. The lowest BCUT2D eigenvalue weighted by Crippen LogP contribution is -1.85. The molecule has 2 rings (SSSR count). The van der Waals surface area contributed by atoms with Crippen LogP contribution in [0.3, 0.4) is 0 Å². The highest BCUT2D eigenvalue weighted by Crippen LogP contribution is 2.22. The molecule has 0 N–H and O–H groups in total. The zero-order chi connectivity index (χ0) is 9.84. The predicted molar refractivity (Wildman–Crippen MR) is 58.7 cm³/mol. The summed E-state index contributed by atoms with van der Waals surface area (Å²) < 4.78 is 2.94. The lowest BCUT2D eigenvalue weighted by atomic mass is 10.6. The lowest BCUT2D eigenvalue weighted by molar-refractivity contribution is 0.882. The van der Waals surface area contributed by atoms with Gasteiger partial charge < -0.3 is 0 Å². The van der Waals surface area contributed by atoms with Crippen LogP contribution in [-0.4, -0.2) is 20.9 Å². The molecule has 0 saturated heterocycles. The van der Waals surface area contributed by atoms with Gasteiger partial charge in [0, 0.05) is 0 Å². The van der Waals surface area contributed by atoms with Crippen LogP contribution in [0.4, 0.5) is 0 Å². The first-order chi connectivity index (χ1) is 6.31. The lowest BCUT2D eigenvalue weighted by Gasteiger charge is -1.83. The van der Waals surface area contributed by atoms with E-state index >= 15 is 0 Å². The third-order valence-corrected chi connectivity index (χ3v) is 3.31. The van der Waals surface area contributed by atoms with Crippen LogP contribution >= 0.6 is 23.1 Å². The molecular formula is C8H13N3S2. The molecule has 5 heteroatoms. The fourth-order valence-corrected chi connectivity index (χ4v) is 2.24. The molecule has 3 nitrogen and oxygen atoms in total. The maximum absolute atomic E-state index is 4.33. The van der Waals surface area contributed by atoms with Gasteiger partial charge in [0.2, 0.25) is 4.96 Å². The molecule has 72 valence electrons. The maximum Gasteiger partial charge on any atom is 0.213 e. The molecule has 0 unspecified atom stereocenters. The summed E-state index contributed by atoms with van der Waals surface area (Å²) in [7, 11) is 0. The molecule has 0 saturated carbocycles. The Morgan fingerprint density at radius 3 is 2.69 bits per heavy atom. The van der Waals surface area contributed by atoms with E-state index in [1.165, 1.54) is 0 Å². The summed E-state index contributed by atoms with van der Waals surface area (Å²) in [6.45, 7) is 6.00. The zero-order valence-corrected chi connectivity index (χ0v) is 9.87. The first kappa shape index (κ1) is 10.5. The Labute approximate surface area is 86.2 Å². The highest BCUT2D eigenvalue weighted by atomic mass is 32.2. The summed E-state index contributed by atoms with van der Waals surface area (Å²) >= 11 is 3.28. The van der Waals surface area contributed by atoms with Crippen molar-refractivity contribution < 1.29 is 0 Å². The number of aromatic nitrogens is 3. The fourth-order valence-electron chi connectivity index (χ4n) is 0.863. The van der Waals surface area contributed by atoms with Crippen molar-refractivity contribution in [2.24, 2.45) is 0 Å². The maximum atomic E-state index is 4.33. The van der Waals surface area contributed by atoms with Crippen LogP contribution in [0.15, 0.2) is 10.5 Å². The van der Waals surface area contributed by atoms with E-state index in [2.05, 4.69) is 10.1 Å². The Hall–Kier alpha value is -0.550. The average molecular weight is 215 g/mol. The van der Waals surface area contributed by atoms with Crippen molar-refractivity contribution in [2.45, 2.75) is 25.1 Å². The normalized spacial score (nSPS) is 9.85. The molecule has 0 radical (unpaired) electrons. The number of imidazole rings is 1. The molecule has 2 heterocycles. The largest absolute Gasteiger partial charge is 0.226 e. The minimum Gasteiger partial charge on any atom is -0.226 e. The van der Waals surface area contributed by atoms with Crippen LogP contribution in [0.5, 0.6) is 0 Å². The van der Waals surface area contributed by atoms with E-state index in [0.717, 1.165) is 15.0 Å². The van der Waals surface area contributed by atoms with Gasteiger partial charge in [-0.05, 0) is 13.2 Å². The molecule has 0 atom stereocenters. The van der Waals surface area contributed by atoms with Gasteiger partial charge in [-0.2, -0.15) is 0 Å². The van der Waals surface area contributed by atoms with E-state index in [4.69, 9.17) is 0 Å². The molecule has 0 aliphatic rings. The smallest absolute Gasteiger partial charge is 0.213 e. The van der Waals surface area contributed by atoms with E-state index < -0.39 is 0 Å². The second-order valence-electron chi connectivity index (χ2n) is 2.17. The van der Waals surface area contributed by atoms with Crippen LogP contribution in [0, 0.1) is 6.92 Å². The average Bonchev–Trinajstić information content (AvgIpc) is 2.72. The van der Waals surface area contributed by atoms with E-state index in [0.29, 0.717) is 0 Å². The monoisotopic (exact) mass is 215 g/mol. The summed E-state index contributed by atoms with van der Waals surface area (Å²) in [6, 6.07) is 0. The summed E-state index contributed by atoms with van der Waals surface area (Å²) in [5, 5.41) is 4.33. The van der Waals surface area contributed by atoms with E-state index in [1.54, 1.807) is 23.1 Å². The topological polar surface area (TPSA) is 30.2 Å². The second-order valence-corrected chi connectivity index (χ2v) is 4.18. The molecule has 0 amide bonds. The van der Waals surface area contributed by atoms with Crippen LogP contribution in [0.25, 0.3) is 4.96 Å². The Balaban J connectivity index is 0.000000396. The molecule has 2 aromatic heterocycles. The number of rotatable bonds is 1. The number of aryl methyl sites for hydroxylation is 1. The Morgan fingerprint density at radius 1 is 1.46 bits per heavy atom.